The fourth-order valence-corrected chi connectivity index (χ4v) is 4.42. The van der Waals surface area contributed by atoms with Crippen LogP contribution < -0.4 is 5.32 Å². The van der Waals surface area contributed by atoms with Gasteiger partial charge in [-0.3, -0.25) is 18.6 Å². The fraction of sp³-hybridized carbons (Fsp3) is 0.857. The zero-order chi connectivity index (χ0) is 28.3. The maximum absolute atomic E-state index is 11.9. The van der Waals surface area contributed by atoms with E-state index in [1.54, 1.807) is 0 Å². The summed E-state index contributed by atoms with van der Waals surface area (Å²) in [4.78, 5) is 33.1. The maximum Gasteiger partial charge on any atom is 0.472 e. The van der Waals surface area contributed by atoms with Gasteiger partial charge >= 0.3 is 13.8 Å². The Morgan fingerprint density at radius 2 is 1.34 bits per heavy atom. The summed E-state index contributed by atoms with van der Waals surface area (Å²) in [7, 11) is -4.38. The number of carbonyl (C=O) groups excluding carboxylic acids is 2. The zero-order valence-electron chi connectivity index (χ0n) is 23.9. The van der Waals surface area contributed by atoms with E-state index < -0.39 is 26.5 Å². The minimum Gasteiger partial charge on any atom is -0.463 e. The molecule has 224 valence electrons. The van der Waals surface area contributed by atoms with Gasteiger partial charge < -0.3 is 20.1 Å². The molecule has 0 saturated carbocycles. The van der Waals surface area contributed by atoms with E-state index in [9.17, 15) is 24.2 Å². The van der Waals surface area contributed by atoms with Crippen LogP contribution in [0.5, 0.6) is 0 Å². The average Bonchev–Trinajstić information content (AvgIpc) is 2.89. The van der Waals surface area contributed by atoms with Crippen molar-refractivity contribution in [3.63, 3.8) is 0 Å². The second-order valence-corrected chi connectivity index (χ2v) is 11.2. The third-order valence-corrected chi connectivity index (χ3v) is 6.93. The van der Waals surface area contributed by atoms with Crippen molar-refractivity contribution in [2.75, 3.05) is 26.4 Å². The number of aliphatic hydroxyl groups excluding tert-OH is 1. The first kappa shape index (κ1) is 36.8. The Bertz CT molecular complexity index is 659. The maximum atomic E-state index is 11.9. The van der Waals surface area contributed by atoms with Crippen LogP contribution in [-0.4, -0.2) is 54.3 Å². The molecule has 0 radical (unpaired) electrons. The Labute approximate surface area is 230 Å². The minimum absolute atomic E-state index is 0.0790. The molecule has 0 aromatic carbocycles. The van der Waals surface area contributed by atoms with Crippen LogP contribution in [0, 0.1) is 0 Å². The number of phosphoric ester groups is 1. The smallest absolute Gasteiger partial charge is 0.463 e. The molecule has 9 nitrogen and oxygen atoms in total. The molecule has 0 aliphatic rings. The van der Waals surface area contributed by atoms with Gasteiger partial charge in [0.2, 0.25) is 5.91 Å². The van der Waals surface area contributed by atoms with Crippen molar-refractivity contribution in [2.24, 2.45) is 0 Å². The van der Waals surface area contributed by atoms with Gasteiger partial charge in [0.05, 0.1) is 13.2 Å². The second-order valence-electron chi connectivity index (χ2n) is 9.72. The van der Waals surface area contributed by atoms with Crippen LogP contribution in [0.25, 0.3) is 0 Å². The number of ether oxygens (including phenoxy) is 1. The van der Waals surface area contributed by atoms with Crippen LogP contribution in [-0.2, 0) is 27.9 Å². The van der Waals surface area contributed by atoms with Crippen molar-refractivity contribution in [2.45, 2.75) is 129 Å². The van der Waals surface area contributed by atoms with E-state index in [1.807, 2.05) is 6.92 Å². The van der Waals surface area contributed by atoms with E-state index in [-0.39, 0.29) is 32.1 Å². The van der Waals surface area contributed by atoms with Crippen LogP contribution in [0.2, 0.25) is 0 Å². The number of aliphatic hydroxyl groups is 1. The monoisotopic (exact) mass is 563 g/mol. The van der Waals surface area contributed by atoms with Crippen molar-refractivity contribution < 1.29 is 37.9 Å². The molecule has 0 rings (SSSR count). The van der Waals surface area contributed by atoms with E-state index in [1.165, 1.54) is 44.9 Å². The first-order valence-electron chi connectivity index (χ1n) is 14.7. The third kappa shape index (κ3) is 26.4. The Kier molecular flexibility index (Phi) is 25.1. The van der Waals surface area contributed by atoms with E-state index >= 15 is 0 Å². The summed E-state index contributed by atoms with van der Waals surface area (Å²) in [6, 6.07) is 0. The number of nitrogens with one attached hydrogen (secondary N) is 1. The molecule has 0 aromatic rings. The molecule has 38 heavy (non-hydrogen) atoms. The first-order chi connectivity index (χ1) is 18.3. The highest BCUT2D eigenvalue weighted by molar-refractivity contribution is 7.47. The molecular weight excluding hydrogens is 509 g/mol. The van der Waals surface area contributed by atoms with Crippen molar-refractivity contribution in [1.29, 1.82) is 0 Å². The van der Waals surface area contributed by atoms with Crippen molar-refractivity contribution in [3.05, 3.63) is 12.2 Å². The number of rotatable bonds is 27. The topological polar surface area (TPSA) is 131 Å². The van der Waals surface area contributed by atoms with Gasteiger partial charge in [0.15, 0.2) is 0 Å². The molecule has 3 N–H and O–H groups in total. The van der Waals surface area contributed by atoms with E-state index in [0.717, 1.165) is 51.4 Å². The van der Waals surface area contributed by atoms with Gasteiger partial charge in [0.1, 0.15) is 12.7 Å². The summed E-state index contributed by atoms with van der Waals surface area (Å²) >= 11 is 0. The quantitative estimate of drug-likeness (QED) is 0.0455. The molecule has 0 heterocycles. The predicted octanol–water partition coefficient (Wildman–Crippen LogP) is 6.37. The Hall–Kier alpha value is -1.25. The van der Waals surface area contributed by atoms with Gasteiger partial charge in [0.25, 0.3) is 0 Å². The second kappa shape index (κ2) is 26.0. The number of phosphoric acid groups is 1. The molecule has 0 aliphatic heterocycles. The summed E-state index contributed by atoms with van der Waals surface area (Å²) < 4.78 is 26.3. The summed E-state index contributed by atoms with van der Waals surface area (Å²) in [5.74, 6) is -0.552. The Morgan fingerprint density at radius 1 is 0.789 bits per heavy atom. The molecule has 2 atom stereocenters. The lowest BCUT2D eigenvalue weighted by Crippen LogP contribution is -2.27. The first-order valence-corrected chi connectivity index (χ1v) is 16.2. The molecule has 0 aromatic heterocycles. The molecule has 2 unspecified atom stereocenters. The molecule has 1 amide bonds. The number of amides is 1. The highest BCUT2D eigenvalue weighted by atomic mass is 31.2. The molecule has 10 heteroatoms. The van der Waals surface area contributed by atoms with Crippen LogP contribution in [0.3, 0.4) is 0 Å². The SMILES string of the molecule is CCCCCCC/C=C\CCCCCCCC(=O)NCCOP(=O)(O)OCC(O)COC(=O)CCCCC. The largest absolute Gasteiger partial charge is 0.472 e. The number of hydrogen-bond donors (Lipinski definition) is 3. The van der Waals surface area contributed by atoms with Gasteiger partial charge in [-0.05, 0) is 38.5 Å². The third-order valence-electron chi connectivity index (χ3n) is 5.95. The van der Waals surface area contributed by atoms with E-state index in [4.69, 9.17) is 13.8 Å². The molecule has 0 bridgehead atoms. The van der Waals surface area contributed by atoms with Crippen LogP contribution >= 0.6 is 7.82 Å². The lowest BCUT2D eigenvalue weighted by molar-refractivity contribution is -0.147. The summed E-state index contributed by atoms with van der Waals surface area (Å²) in [5.41, 5.74) is 0. The number of esters is 1. The predicted molar refractivity (Wildman–Crippen MR) is 151 cm³/mol. The highest BCUT2D eigenvalue weighted by Crippen LogP contribution is 2.42. The number of allylic oxidation sites excluding steroid dienone is 2. The highest BCUT2D eigenvalue weighted by Gasteiger charge is 2.23. The molecule has 0 aliphatic carbocycles. The Balaban J connectivity index is 3.63. The minimum atomic E-state index is -4.38. The molecule has 0 spiro atoms. The standard InChI is InChI=1S/C28H54NO8P/c1-3-5-7-8-9-10-11-12-13-14-15-16-17-19-20-27(31)29-22-23-36-38(33,34)37-25-26(30)24-35-28(32)21-18-6-4-2/h11-12,26,30H,3-10,13-25H2,1-2H3,(H,29,31)(H,33,34)/b12-11-. The van der Waals surface area contributed by atoms with Crippen LogP contribution in [0.15, 0.2) is 12.2 Å². The number of unbranched alkanes of at least 4 members (excludes halogenated alkanes) is 12. The average molecular weight is 564 g/mol. The van der Waals surface area contributed by atoms with E-state index in [0.29, 0.717) is 6.42 Å². The summed E-state index contributed by atoms with van der Waals surface area (Å²) in [5, 5.41) is 12.4. The molecular formula is C28H54NO8P. The summed E-state index contributed by atoms with van der Waals surface area (Å²) in [6.07, 6.45) is 20.8. The number of carbonyl (C=O) groups is 2. The van der Waals surface area contributed by atoms with Crippen molar-refractivity contribution >= 4 is 19.7 Å². The van der Waals surface area contributed by atoms with Gasteiger partial charge in [-0.2, -0.15) is 0 Å². The van der Waals surface area contributed by atoms with Crippen molar-refractivity contribution in [1.82, 2.24) is 5.32 Å². The van der Waals surface area contributed by atoms with Gasteiger partial charge in [-0.25, -0.2) is 4.57 Å². The summed E-state index contributed by atoms with van der Waals surface area (Å²) in [6.45, 7) is 3.30. The molecule has 0 saturated heterocycles. The number of hydrogen-bond acceptors (Lipinski definition) is 7. The Morgan fingerprint density at radius 3 is 2.00 bits per heavy atom. The van der Waals surface area contributed by atoms with Crippen LogP contribution in [0.1, 0.15) is 123 Å². The van der Waals surface area contributed by atoms with Gasteiger partial charge in [-0.1, -0.05) is 83.8 Å². The molecule has 0 fully saturated rings. The van der Waals surface area contributed by atoms with Crippen molar-refractivity contribution in [3.8, 4) is 0 Å². The fourth-order valence-electron chi connectivity index (χ4n) is 3.67. The zero-order valence-corrected chi connectivity index (χ0v) is 24.8. The lowest BCUT2D eigenvalue weighted by Gasteiger charge is -2.15. The lowest BCUT2D eigenvalue weighted by atomic mass is 10.1. The van der Waals surface area contributed by atoms with Gasteiger partial charge in [0, 0.05) is 19.4 Å². The van der Waals surface area contributed by atoms with Crippen LogP contribution in [0.4, 0.5) is 0 Å². The van der Waals surface area contributed by atoms with E-state index in [2.05, 4.69) is 24.4 Å². The van der Waals surface area contributed by atoms with Gasteiger partial charge in [-0.15, -0.1) is 0 Å². The normalized spacial score (nSPS) is 13.9.